The van der Waals surface area contributed by atoms with Crippen LogP contribution in [0.4, 0.5) is 0 Å². The fraction of sp³-hybridized carbons (Fsp3) is 0.462. The Labute approximate surface area is 96.4 Å². The van der Waals surface area contributed by atoms with Crippen molar-refractivity contribution in [3.8, 4) is 0 Å². The Morgan fingerprint density at radius 2 is 1.81 bits per heavy atom. The quantitative estimate of drug-likeness (QED) is 0.592. The van der Waals surface area contributed by atoms with E-state index in [4.69, 9.17) is 5.21 Å². The Balaban J connectivity index is 2.48. The van der Waals surface area contributed by atoms with Gasteiger partial charge in [-0.15, -0.1) is 0 Å². The summed E-state index contributed by atoms with van der Waals surface area (Å²) in [4.78, 5) is 10.8. The standard InChI is InChI=1S/C13H19NO2/c1-10(2)9-12-5-3-11(4-6-12)7-8-13(15)14-16/h3-6,10,16H,7-9H2,1-2H3,(H,14,15). The second kappa shape index (κ2) is 6.28. The number of hydrogen-bond acceptors (Lipinski definition) is 2. The van der Waals surface area contributed by atoms with Crippen LogP contribution in [-0.4, -0.2) is 11.1 Å². The Kier molecular flexibility index (Phi) is 4.99. The van der Waals surface area contributed by atoms with E-state index in [2.05, 4.69) is 26.0 Å². The normalized spacial score (nSPS) is 10.5. The number of aryl methyl sites for hydroxylation is 1. The van der Waals surface area contributed by atoms with Crippen molar-refractivity contribution in [3.63, 3.8) is 0 Å². The molecule has 16 heavy (non-hydrogen) atoms. The minimum atomic E-state index is -0.341. The molecule has 3 nitrogen and oxygen atoms in total. The molecule has 0 bridgehead atoms. The minimum Gasteiger partial charge on any atom is -0.289 e. The van der Waals surface area contributed by atoms with Crippen molar-refractivity contribution < 1.29 is 10.0 Å². The molecule has 0 aliphatic heterocycles. The third kappa shape index (κ3) is 4.45. The lowest BCUT2D eigenvalue weighted by molar-refractivity contribution is -0.129. The van der Waals surface area contributed by atoms with Crippen LogP contribution in [0.3, 0.4) is 0 Å². The zero-order chi connectivity index (χ0) is 12.0. The first-order chi connectivity index (χ1) is 7.61. The average Bonchev–Trinajstić information content (AvgIpc) is 2.27. The second-order valence-corrected chi connectivity index (χ2v) is 4.45. The average molecular weight is 221 g/mol. The SMILES string of the molecule is CC(C)Cc1ccc(CCC(=O)NO)cc1. The van der Waals surface area contributed by atoms with Crippen LogP contribution >= 0.6 is 0 Å². The molecular formula is C13H19NO2. The number of nitrogens with one attached hydrogen (secondary N) is 1. The number of hydroxylamine groups is 1. The Morgan fingerprint density at radius 3 is 2.31 bits per heavy atom. The topological polar surface area (TPSA) is 49.3 Å². The van der Waals surface area contributed by atoms with Crippen molar-refractivity contribution in [1.82, 2.24) is 5.48 Å². The molecule has 0 heterocycles. The van der Waals surface area contributed by atoms with Crippen molar-refractivity contribution in [3.05, 3.63) is 35.4 Å². The van der Waals surface area contributed by atoms with Crippen LogP contribution in [0.25, 0.3) is 0 Å². The molecular weight excluding hydrogens is 202 g/mol. The van der Waals surface area contributed by atoms with E-state index in [0.717, 1.165) is 12.0 Å². The van der Waals surface area contributed by atoms with Gasteiger partial charge in [-0.3, -0.25) is 10.0 Å². The Morgan fingerprint density at radius 1 is 1.25 bits per heavy atom. The summed E-state index contributed by atoms with van der Waals surface area (Å²) in [6, 6.07) is 8.29. The lowest BCUT2D eigenvalue weighted by Crippen LogP contribution is -2.18. The highest BCUT2D eigenvalue weighted by Crippen LogP contribution is 2.10. The van der Waals surface area contributed by atoms with Crippen molar-refractivity contribution in [2.24, 2.45) is 5.92 Å². The molecule has 0 saturated heterocycles. The third-order valence-electron chi connectivity index (χ3n) is 2.43. The maximum atomic E-state index is 10.8. The summed E-state index contributed by atoms with van der Waals surface area (Å²) in [7, 11) is 0. The zero-order valence-electron chi connectivity index (χ0n) is 9.86. The van der Waals surface area contributed by atoms with Crippen LogP contribution in [0, 0.1) is 5.92 Å². The van der Waals surface area contributed by atoms with Gasteiger partial charge in [-0.2, -0.15) is 0 Å². The lowest BCUT2D eigenvalue weighted by Gasteiger charge is -2.06. The van der Waals surface area contributed by atoms with E-state index in [-0.39, 0.29) is 5.91 Å². The Hall–Kier alpha value is -1.35. The van der Waals surface area contributed by atoms with Crippen molar-refractivity contribution in [2.75, 3.05) is 0 Å². The van der Waals surface area contributed by atoms with Gasteiger partial charge in [-0.05, 0) is 29.9 Å². The smallest absolute Gasteiger partial charge is 0.243 e. The summed E-state index contributed by atoms with van der Waals surface area (Å²) in [5.41, 5.74) is 4.08. The van der Waals surface area contributed by atoms with Crippen molar-refractivity contribution >= 4 is 5.91 Å². The molecule has 88 valence electrons. The van der Waals surface area contributed by atoms with Gasteiger partial charge in [-0.1, -0.05) is 38.1 Å². The third-order valence-corrected chi connectivity index (χ3v) is 2.43. The van der Waals surface area contributed by atoms with Gasteiger partial charge < -0.3 is 0 Å². The number of carbonyl (C=O) groups is 1. The van der Waals surface area contributed by atoms with Gasteiger partial charge in [0.25, 0.3) is 0 Å². The first-order valence-electron chi connectivity index (χ1n) is 5.62. The summed E-state index contributed by atoms with van der Waals surface area (Å²) < 4.78 is 0. The summed E-state index contributed by atoms with van der Waals surface area (Å²) in [5.74, 6) is 0.317. The summed E-state index contributed by atoms with van der Waals surface area (Å²) >= 11 is 0. The molecule has 3 heteroatoms. The molecule has 0 aliphatic carbocycles. The highest BCUT2D eigenvalue weighted by Gasteiger charge is 2.01. The molecule has 0 unspecified atom stereocenters. The number of carbonyl (C=O) groups excluding carboxylic acids is 1. The molecule has 1 rings (SSSR count). The molecule has 1 aromatic rings. The molecule has 1 aromatic carbocycles. The van der Waals surface area contributed by atoms with Gasteiger partial charge in [0.15, 0.2) is 0 Å². The molecule has 0 saturated carbocycles. The fourth-order valence-electron chi connectivity index (χ4n) is 1.63. The van der Waals surface area contributed by atoms with E-state index < -0.39 is 0 Å². The lowest BCUT2D eigenvalue weighted by atomic mass is 10.0. The van der Waals surface area contributed by atoms with Gasteiger partial charge in [0, 0.05) is 6.42 Å². The highest BCUT2D eigenvalue weighted by molar-refractivity contribution is 5.74. The summed E-state index contributed by atoms with van der Waals surface area (Å²) in [6.07, 6.45) is 2.06. The molecule has 0 aliphatic rings. The molecule has 0 spiro atoms. The number of rotatable bonds is 5. The van der Waals surface area contributed by atoms with Gasteiger partial charge in [-0.25, -0.2) is 5.48 Å². The predicted molar refractivity (Wildman–Crippen MR) is 63.2 cm³/mol. The molecule has 2 N–H and O–H groups in total. The van der Waals surface area contributed by atoms with E-state index in [1.165, 1.54) is 5.56 Å². The van der Waals surface area contributed by atoms with Crippen molar-refractivity contribution in [2.45, 2.75) is 33.1 Å². The zero-order valence-corrected chi connectivity index (χ0v) is 9.86. The van der Waals surface area contributed by atoms with Gasteiger partial charge in [0.2, 0.25) is 5.91 Å². The van der Waals surface area contributed by atoms with E-state index in [9.17, 15) is 4.79 Å². The monoisotopic (exact) mass is 221 g/mol. The van der Waals surface area contributed by atoms with E-state index in [1.54, 1.807) is 5.48 Å². The number of benzene rings is 1. The fourth-order valence-corrected chi connectivity index (χ4v) is 1.63. The highest BCUT2D eigenvalue weighted by atomic mass is 16.5. The van der Waals surface area contributed by atoms with E-state index in [0.29, 0.717) is 18.8 Å². The minimum absolute atomic E-state index is 0.319. The van der Waals surface area contributed by atoms with Crippen LogP contribution in [0.1, 0.15) is 31.4 Å². The van der Waals surface area contributed by atoms with E-state index >= 15 is 0 Å². The van der Waals surface area contributed by atoms with Crippen LogP contribution in [0.15, 0.2) is 24.3 Å². The largest absolute Gasteiger partial charge is 0.289 e. The van der Waals surface area contributed by atoms with Crippen LogP contribution < -0.4 is 5.48 Å². The maximum absolute atomic E-state index is 10.8. The molecule has 0 fully saturated rings. The molecule has 1 amide bonds. The van der Waals surface area contributed by atoms with Gasteiger partial charge in [0.1, 0.15) is 0 Å². The van der Waals surface area contributed by atoms with Gasteiger partial charge >= 0.3 is 0 Å². The molecule has 0 radical (unpaired) electrons. The number of amides is 1. The van der Waals surface area contributed by atoms with Crippen LogP contribution in [0.2, 0.25) is 0 Å². The predicted octanol–water partition coefficient (Wildman–Crippen LogP) is 2.32. The van der Waals surface area contributed by atoms with Crippen molar-refractivity contribution in [1.29, 1.82) is 0 Å². The Bertz CT molecular complexity index is 330. The number of hydrogen-bond donors (Lipinski definition) is 2. The van der Waals surface area contributed by atoms with Crippen LogP contribution in [-0.2, 0) is 17.6 Å². The first kappa shape index (κ1) is 12.7. The first-order valence-corrected chi connectivity index (χ1v) is 5.62. The molecule has 0 atom stereocenters. The van der Waals surface area contributed by atoms with Crippen LogP contribution in [0.5, 0.6) is 0 Å². The van der Waals surface area contributed by atoms with E-state index in [1.807, 2.05) is 12.1 Å². The second-order valence-electron chi connectivity index (χ2n) is 4.45. The maximum Gasteiger partial charge on any atom is 0.243 e. The van der Waals surface area contributed by atoms with Gasteiger partial charge in [0.05, 0.1) is 0 Å². The summed E-state index contributed by atoms with van der Waals surface area (Å²) in [6.45, 7) is 4.39. The summed E-state index contributed by atoms with van der Waals surface area (Å²) in [5, 5.41) is 8.36. The molecule has 0 aromatic heterocycles.